The number of hydrogen-bond donors (Lipinski definition) is 3. The molecule has 6 heteroatoms. The average Bonchev–Trinajstić information content (AvgIpc) is 2.89. The number of aromatic nitrogens is 4. The maximum Gasteiger partial charge on any atom is 0.226 e. The molecule has 0 spiro atoms. The van der Waals surface area contributed by atoms with E-state index in [0.29, 0.717) is 12.0 Å². The van der Waals surface area contributed by atoms with Gasteiger partial charge in [0, 0.05) is 13.1 Å². The first kappa shape index (κ1) is 12.2. The molecule has 19 heavy (non-hydrogen) atoms. The van der Waals surface area contributed by atoms with Gasteiger partial charge in [0.15, 0.2) is 5.65 Å². The highest BCUT2D eigenvalue weighted by Crippen LogP contribution is 2.28. The average molecular weight is 260 g/mol. The molecule has 6 nitrogen and oxygen atoms in total. The van der Waals surface area contributed by atoms with Crippen LogP contribution in [-0.4, -0.2) is 33.3 Å². The molecule has 0 aliphatic heterocycles. The summed E-state index contributed by atoms with van der Waals surface area (Å²) in [5, 5.41) is 14.4. The van der Waals surface area contributed by atoms with Crippen molar-refractivity contribution in [3.05, 3.63) is 6.20 Å². The van der Waals surface area contributed by atoms with Crippen LogP contribution in [-0.2, 0) is 0 Å². The Kier molecular flexibility index (Phi) is 3.23. The highest BCUT2D eigenvalue weighted by Gasteiger charge is 2.19. The van der Waals surface area contributed by atoms with Crippen LogP contribution in [0.4, 0.5) is 11.8 Å². The maximum absolute atomic E-state index is 4.51. The molecule has 0 atom stereocenters. The Balaban J connectivity index is 1.85. The number of nitrogens with one attached hydrogen (secondary N) is 3. The first-order valence-corrected chi connectivity index (χ1v) is 6.91. The predicted octanol–water partition coefficient (Wildman–Crippen LogP) is 2.39. The van der Waals surface area contributed by atoms with Crippen LogP contribution in [0.1, 0.15) is 32.6 Å². The van der Waals surface area contributed by atoms with E-state index < -0.39 is 0 Å². The number of rotatable bonds is 3. The van der Waals surface area contributed by atoms with Crippen LogP contribution in [0, 0.1) is 5.92 Å². The van der Waals surface area contributed by atoms with Gasteiger partial charge in [-0.05, 0) is 31.6 Å². The molecule has 1 aliphatic carbocycles. The lowest BCUT2D eigenvalue weighted by atomic mass is 9.87. The normalized spacial score (nSPS) is 23.5. The van der Waals surface area contributed by atoms with Gasteiger partial charge in [-0.3, -0.25) is 5.10 Å². The number of fused-ring (bicyclic) bond motifs is 1. The fourth-order valence-electron chi connectivity index (χ4n) is 2.65. The van der Waals surface area contributed by atoms with Crippen LogP contribution in [0.5, 0.6) is 0 Å². The first-order valence-electron chi connectivity index (χ1n) is 6.91. The van der Waals surface area contributed by atoms with Crippen molar-refractivity contribution in [1.29, 1.82) is 0 Å². The molecule has 3 N–H and O–H groups in total. The summed E-state index contributed by atoms with van der Waals surface area (Å²) in [6, 6.07) is 0.508. The molecule has 3 rings (SSSR count). The number of aromatic amines is 1. The van der Waals surface area contributed by atoms with Gasteiger partial charge in [-0.1, -0.05) is 6.92 Å². The van der Waals surface area contributed by atoms with Gasteiger partial charge in [0.2, 0.25) is 5.95 Å². The molecule has 0 bridgehead atoms. The summed E-state index contributed by atoms with van der Waals surface area (Å²) in [6.07, 6.45) is 6.77. The van der Waals surface area contributed by atoms with Crippen LogP contribution >= 0.6 is 0 Å². The molecule has 2 aromatic rings. The third kappa shape index (κ3) is 2.47. The van der Waals surface area contributed by atoms with E-state index in [-0.39, 0.29) is 0 Å². The summed E-state index contributed by atoms with van der Waals surface area (Å²) in [4.78, 5) is 8.85. The van der Waals surface area contributed by atoms with Crippen LogP contribution in [0.3, 0.4) is 0 Å². The topological polar surface area (TPSA) is 78.5 Å². The second kappa shape index (κ2) is 5.03. The van der Waals surface area contributed by atoms with Gasteiger partial charge >= 0.3 is 0 Å². The van der Waals surface area contributed by atoms with Crippen LogP contribution < -0.4 is 10.6 Å². The number of anilines is 2. The number of hydrogen-bond acceptors (Lipinski definition) is 5. The predicted molar refractivity (Wildman–Crippen MR) is 76.3 cm³/mol. The van der Waals surface area contributed by atoms with Gasteiger partial charge in [0.1, 0.15) is 5.82 Å². The van der Waals surface area contributed by atoms with E-state index in [1.54, 1.807) is 6.20 Å². The maximum atomic E-state index is 4.51. The molecule has 1 saturated carbocycles. The number of nitrogens with zero attached hydrogens (tertiary/aromatic N) is 3. The Labute approximate surface area is 112 Å². The minimum absolute atomic E-state index is 0.508. The van der Waals surface area contributed by atoms with Gasteiger partial charge in [0.25, 0.3) is 0 Å². The third-order valence-corrected chi connectivity index (χ3v) is 3.89. The summed E-state index contributed by atoms with van der Waals surface area (Å²) in [5.41, 5.74) is 0.769. The van der Waals surface area contributed by atoms with E-state index in [2.05, 4.69) is 37.7 Å². The van der Waals surface area contributed by atoms with Crippen LogP contribution in [0.25, 0.3) is 11.0 Å². The molecule has 0 aromatic carbocycles. The zero-order chi connectivity index (χ0) is 13.2. The zero-order valence-electron chi connectivity index (χ0n) is 11.4. The minimum atomic E-state index is 0.508. The molecule has 0 saturated heterocycles. The van der Waals surface area contributed by atoms with Crippen molar-refractivity contribution in [3.8, 4) is 0 Å². The minimum Gasteiger partial charge on any atom is -0.367 e. The van der Waals surface area contributed by atoms with E-state index in [1.165, 1.54) is 25.7 Å². The second-order valence-corrected chi connectivity index (χ2v) is 5.38. The van der Waals surface area contributed by atoms with Gasteiger partial charge in [-0.2, -0.15) is 15.1 Å². The van der Waals surface area contributed by atoms with E-state index in [4.69, 9.17) is 0 Å². The third-order valence-electron chi connectivity index (χ3n) is 3.89. The van der Waals surface area contributed by atoms with Gasteiger partial charge < -0.3 is 10.6 Å². The molecule has 1 aliphatic rings. The molecular weight excluding hydrogens is 240 g/mol. The highest BCUT2D eigenvalue weighted by molar-refractivity contribution is 5.87. The van der Waals surface area contributed by atoms with Crippen LogP contribution in [0.15, 0.2) is 6.20 Å². The molecule has 2 aromatic heterocycles. The van der Waals surface area contributed by atoms with E-state index in [9.17, 15) is 0 Å². The Morgan fingerprint density at radius 3 is 2.74 bits per heavy atom. The monoisotopic (exact) mass is 260 g/mol. The van der Waals surface area contributed by atoms with E-state index in [0.717, 1.165) is 22.8 Å². The zero-order valence-corrected chi connectivity index (χ0v) is 11.4. The Morgan fingerprint density at radius 2 is 2.00 bits per heavy atom. The summed E-state index contributed by atoms with van der Waals surface area (Å²) < 4.78 is 0. The molecular formula is C13H20N6. The second-order valence-electron chi connectivity index (χ2n) is 5.38. The van der Waals surface area contributed by atoms with Gasteiger partial charge in [-0.25, -0.2) is 0 Å². The standard InChI is InChI=1S/C13H20N6/c1-8-3-5-9(6-4-8)16-11-10-7-15-19-12(10)18-13(14-2)17-11/h7-9H,3-6H2,1-2H3,(H3,14,15,16,17,18,19). The van der Waals surface area contributed by atoms with Crippen molar-refractivity contribution in [2.75, 3.05) is 17.7 Å². The van der Waals surface area contributed by atoms with E-state index >= 15 is 0 Å². The van der Waals surface area contributed by atoms with Crippen molar-refractivity contribution < 1.29 is 0 Å². The summed E-state index contributed by atoms with van der Waals surface area (Å²) in [7, 11) is 1.82. The fraction of sp³-hybridized carbons (Fsp3) is 0.615. The summed E-state index contributed by atoms with van der Waals surface area (Å²) >= 11 is 0. The van der Waals surface area contributed by atoms with Crippen molar-refractivity contribution in [2.45, 2.75) is 38.6 Å². The van der Waals surface area contributed by atoms with Gasteiger partial charge in [0.05, 0.1) is 11.6 Å². The van der Waals surface area contributed by atoms with Gasteiger partial charge in [-0.15, -0.1) is 0 Å². The lowest BCUT2D eigenvalue weighted by Crippen LogP contribution is -2.25. The largest absolute Gasteiger partial charge is 0.367 e. The van der Waals surface area contributed by atoms with Crippen molar-refractivity contribution >= 4 is 22.8 Å². The molecule has 0 radical (unpaired) electrons. The molecule has 2 heterocycles. The first-order chi connectivity index (χ1) is 9.26. The highest BCUT2D eigenvalue weighted by atomic mass is 15.2. The molecule has 0 amide bonds. The van der Waals surface area contributed by atoms with Crippen molar-refractivity contribution in [1.82, 2.24) is 20.2 Å². The smallest absolute Gasteiger partial charge is 0.226 e. The van der Waals surface area contributed by atoms with E-state index in [1.807, 2.05) is 7.05 Å². The SMILES string of the molecule is CNc1nc(NC2CCC(C)CC2)c2cn[nH]c2n1. The Morgan fingerprint density at radius 1 is 1.21 bits per heavy atom. The lowest BCUT2D eigenvalue weighted by Gasteiger charge is -2.27. The Hall–Kier alpha value is -1.85. The Bertz CT molecular complexity index is 555. The lowest BCUT2D eigenvalue weighted by molar-refractivity contribution is 0.361. The summed E-state index contributed by atoms with van der Waals surface area (Å²) in [6.45, 7) is 2.33. The van der Waals surface area contributed by atoms with Crippen molar-refractivity contribution in [2.24, 2.45) is 5.92 Å². The molecule has 0 unspecified atom stereocenters. The van der Waals surface area contributed by atoms with Crippen molar-refractivity contribution in [3.63, 3.8) is 0 Å². The summed E-state index contributed by atoms with van der Waals surface area (Å²) in [5.74, 6) is 2.34. The molecule has 102 valence electrons. The quantitative estimate of drug-likeness (QED) is 0.789. The fourth-order valence-corrected chi connectivity index (χ4v) is 2.65. The van der Waals surface area contributed by atoms with Crippen LogP contribution in [0.2, 0.25) is 0 Å². The number of H-pyrrole nitrogens is 1. The molecule has 1 fully saturated rings.